The number of benzene rings is 1. The average Bonchev–Trinajstić information content (AvgIpc) is 2.35. The Morgan fingerprint density at radius 1 is 1.41 bits per heavy atom. The largest absolute Gasteiger partial charge is 0.396 e. The molecule has 0 saturated carbocycles. The number of aliphatic hydroxyl groups is 1. The normalized spacial score (nSPS) is 12.2. The van der Waals surface area contributed by atoms with E-state index in [0.29, 0.717) is 12.3 Å². The summed E-state index contributed by atoms with van der Waals surface area (Å²) in [4.78, 5) is 12.6. The highest BCUT2D eigenvalue weighted by Crippen LogP contribution is 2.17. The third kappa shape index (κ3) is 5.75. The Labute approximate surface area is 107 Å². The molecule has 4 heteroatoms. The van der Waals surface area contributed by atoms with Crippen LogP contribution in [-0.2, 0) is 4.79 Å². The maximum absolute atomic E-state index is 11.5. The fourth-order valence-corrected chi connectivity index (χ4v) is 1.92. The van der Waals surface area contributed by atoms with Crippen molar-refractivity contribution < 1.29 is 9.90 Å². The van der Waals surface area contributed by atoms with Gasteiger partial charge in [-0.1, -0.05) is 24.6 Å². The third-order valence-electron chi connectivity index (χ3n) is 2.35. The molecule has 0 bridgehead atoms. The van der Waals surface area contributed by atoms with Crippen LogP contribution in [0.3, 0.4) is 0 Å². The Kier molecular flexibility index (Phi) is 6.08. The van der Waals surface area contributed by atoms with E-state index >= 15 is 0 Å². The van der Waals surface area contributed by atoms with Crippen molar-refractivity contribution in [1.82, 2.24) is 5.32 Å². The van der Waals surface area contributed by atoms with Crippen LogP contribution in [0.15, 0.2) is 29.2 Å². The zero-order chi connectivity index (χ0) is 12.7. The average molecular weight is 253 g/mol. The molecule has 0 aromatic heterocycles. The highest BCUT2D eigenvalue weighted by atomic mass is 32.2. The predicted octanol–water partition coefficient (Wildman–Crippen LogP) is 1.83. The maximum Gasteiger partial charge on any atom is 0.230 e. The number of aryl methyl sites for hydroxylation is 1. The van der Waals surface area contributed by atoms with Crippen molar-refractivity contribution in [3.63, 3.8) is 0 Å². The van der Waals surface area contributed by atoms with Gasteiger partial charge in [0.15, 0.2) is 0 Å². The van der Waals surface area contributed by atoms with Gasteiger partial charge < -0.3 is 10.4 Å². The van der Waals surface area contributed by atoms with E-state index in [-0.39, 0.29) is 18.4 Å². The summed E-state index contributed by atoms with van der Waals surface area (Å²) >= 11 is 1.52. The molecule has 1 amide bonds. The molecule has 0 radical (unpaired) electrons. The van der Waals surface area contributed by atoms with Gasteiger partial charge >= 0.3 is 0 Å². The van der Waals surface area contributed by atoms with E-state index in [0.717, 1.165) is 4.90 Å². The molecule has 1 atom stereocenters. The molecule has 0 aliphatic carbocycles. The van der Waals surface area contributed by atoms with Gasteiger partial charge in [0.2, 0.25) is 5.91 Å². The molecule has 94 valence electrons. The number of amides is 1. The number of aliphatic hydroxyl groups excluding tert-OH is 1. The zero-order valence-corrected chi connectivity index (χ0v) is 11.1. The van der Waals surface area contributed by atoms with Crippen LogP contribution in [0.2, 0.25) is 0 Å². The first-order valence-electron chi connectivity index (χ1n) is 5.69. The fraction of sp³-hybridized carbons (Fsp3) is 0.462. The second-order valence-corrected chi connectivity index (χ2v) is 5.24. The van der Waals surface area contributed by atoms with Crippen LogP contribution in [0.25, 0.3) is 0 Å². The molecule has 0 aliphatic rings. The number of hydrogen-bond acceptors (Lipinski definition) is 3. The molecule has 0 aliphatic heterocycles. The minimum atomic E-state index is 0.0101. The molecule has 0 heterocycles. The first-order valence-corrected chi connectivity index (χ1v) is 6.67. The van der Waals surface area contributed by atoms with Gasteiger partial charge in [0.05, 0.1) is 5.75 Å². The van der Waals surface area contributed by atoms with Crippen molar-refractivity contribution in [2.24, 2.45) is 5.92 Å². The van der Waals surface area contributed by atoms with Crippen LogP contribution in [0.1, 0.15) is 12.5 Å². The van der Waals surface area contributed by atoms with Crippen molar-refractivity contribution in [3.05, 3.63) is 29.8 Å². The molecule has 0 fully saturated rings. The number of thioether (sulfide) groups is 1. The lowest BCUT2D eigenvalue weighted by molar-refractivity contribution is -0.118. The van der Waals surface area contributed by atoms with Crippen LogP contribution >= 0.6 is 11.8 Å². The molecule has 17 heavy (non-hydrogen) atoms. The molecule has 1 unspecified atom stereocenters. The van der Waals surface area contributed by atoms with E-state index in [9.17, 15) is 4.79 Å². The van der Waals surface area contributed by atoms with Crippen molar-refractivity contribution >= 4 is 17.7 Å². The van der Waals surface area contributed by atoms with Gasteiger partial charge in [0, 0.05) is 18.0 Å². The van der Waals surface area contributed by atoms with E-state index in [1.54, 1.807) is 0 Å². The van der Waals surface area contributed by atoms with Gasteiger partial charge in [-0.2, -0.15) is 0 Å². The zero-order valence-electron chi connectivity index (χ0n) is 10.3. The third-order valence-corrected chi connectivity index (χ3v) is 3.36. The Bertz CT molecular complexity index is 351. The van der Waals surface area contributed by atoms with Crippen molar-refractivity contribution in [1.29, 1.82) is 0 Å². The van der Waals surface area contributed by atoms with Gasteiger partial charge in [-0.3, -0.25) is 4.79 Å². The van der Waals surface area contributed by atoms with Crippen molar-refractivity contribution in [2.75, 3.05) is 18.9 Å². The molecule has 1 aromatic carbocycles. The SMILES string of the molecule is Cc1ccc(SCC(=O)NCC(C)CO)cc1. The molecule has 1 rings (SSSR count). The van der Waals surface area contributed by atoms with Gasteiger partial charge in [-0.15, -0.1) is 11.8 Å². The van der Waals surface area contributed by atoms with Crippen molar-refractivity contribution in [2.45, 2.75) is 18.7 Å². The van der Waals surface area contributed by atoms with Gasteiger partial charge in [-0.05, 0) is 25.0 Å². The van der Waals surface area contributed by atoms with Crippen LogP contribution in [0, 0.1) is 12.8 Å². The Morgan fingerprint density at radius 3 is 2.65 bits per heavy atom. The second kappa shape index (κ2) is 7.35. The Morgan fingerprint density at radius 2 is 2.06 bits per heavy atom. The summed E-state index contributed by atoms with van der Waals surface area (Å²) in [6, 6.07) is 8.11. The highest BCUT2D eigenvalue weighted by Gasteiger charge is 2.05. The van der Waals surface area contributed by atoms with E-state index < -0.39 is 0 Å². The van der Waals surface area contributed by atoms with Crippen LogP contribution < -0.4 is 5.32 Å². The monoisotopic (exact) mass is 253 g/mol. The predicted molar refractivity (Wildman–Crippen MR) is 71.2 cm³/mol. The minimum Gasteiger partial charge on any atom is -0.396 e. The lowest BCUT2D eigenvalue weighted by atomic mass is 10.2. The molecular weight excluding hydrogens is 234 g/mol. The van der Waals surface area contributed by atoms with E-state index in [1.165, 1.54) is 17.3 Å². The standard InChI is InChI=1S/C13H19NO2S/c1-10-3-5-12(6-4-10)17-9-13(16)14-7-11(2)8-15/h3-6,11,15H,7-9H2,1-2H3,(H,14,16). The quantitative estimate of drug-likeness (QED) is 0.760. The second-order valence-electron chi connectivity index (χ2n) is 4.19. The summed E-state index contributed by atoms with van der Waals surface area (Å²) in [6.45, 7) is 4.57. The summed E-state index contributed by atoms with van der Waals surface area (Å²) in [6.07, 6.45) is 0. The van der Waals surface area contributed by atoms with E-state index in [4.69, 9.17) is 5.11 Å². The number of nitrogens with one attached hydrogen (secondary N) is 1. The fourth-order valence-electron chi connectivity index (χ4n) is 1.19. The Hall–Kier alpha value is -1.00. The summed E-state index contributed by atoms with van der Waals surface area (Å²) in [5, 5.41) is 11.6. The van der Waals surface area contributed by atoms with Crippen LogP contribution in [-0.4, -0.2) is 29.9 Å². The molecule has 1 aromatic rings. The summed E-state index contributed by atoms with van der Waals surface area (Å²) in [5.74, 6) is 0.542. The first kappa shape index (κ1) is 14.1. The number of carbonyl (C=O) groups is 1. The first-order chi connectivity index (χ1) is 8.11. The summed E-state index contributed by atoms with van der Waals surface area (Å²) in [7, 11) is 0. The lowest BCUT2D eigenvalue weighted by Gasteiger charge is -2.09. The van der Waals surface area contributed by atoms with Gasteiger partial charge in [0.1, 0.15) is 0 Å². The maximum atomic E-state index is 11.5. The van der Waals surface area contributed by atoms with Crippen molar-refractivity contribution in [3.8, 4) is 0 Å². The van der Waals surface area contributed by atoms with Gasteiger partial charge in [-0.25, -0.2) is 0 Å². The Balaban J connectivity index is 2.26. The number of rotatable bonds is 6. The van der Waals surface area contributed by atoms with E-state index in [2.05, 4.69) is 5.32 Å². The number of hydrogen-bond donors (Lipinski definition) is 2. The summed E-state index contributed by atoms with van der Waals surface area (Å²) < 4.78 is 0. The van der Waals surface area contributed by atoms with E-state index in [1.807, 2.05) is 38.1 Å². The molecule has 3 nitrogen and oxygen atoms in total. The van der Waals surface area contributed by atoms with Crippen LogP contribution in [0.5, 0.6) is 0 Å². The molecule has 2 N–H and O–H groups in total. The number of carbonyl (C=O) groups excluding carboxylic acids is 1. The topological polar surface area (TPSA) is 49.3 Å². The smallest absolute Gasteiger partial charge is 0.230 e. The summed E-state index contributed by atoms with van der Waals surface area (Å²) in [5.41, 5.74) is 1.22. The highest BCUT2D eigenvalue weighted by molar-refractivity contribution is 8.00. The molecular formula is C13H19NO2S. The molecule has 0 saturated heterocycles. The lowest BCUT2D eigenvalue weighted by Crippen LogP contribution is -2.30. The molecule has 0 spiro atoms. The van der Waals surface area contributed by atoms with Gasteiger partial charge in [0.25, 0.3) is 0 Å². The van der Waals surface area contributed by atoms with Crippen LogP contribution in [0.4, 0.5) is 0 Å². The minimum absolute atomic E-state index is 0.0101.